The molecule has 0 spiro atoms. The Labute approximate surface area is 164 Å². The van der Waals surface area contributed by atoms with E-state index in [-0.39, 0.29) is 29.5 Å². The highest BCUT2D eigenvalue weighted by molar-refractivity contribution is 7.85. The normalized spacial score (nSPS) is 11.9. The van der Waals surface area contributed by atoms with Crippen LogP contribution in [0.5, 0.6) is 5.75 Å². The van der Waals surface area contributed by atoms with Gasteiger partial charge in [-0.25, -0.2) is 0 Å². The Bertz CT molecular complexity index is 946. The molecule has 6 nitrogen and oxygen atoms in total. The first-order valence-corrected chi connectivity index (χ1v) is 9.76. The van der Waals surface area contributed by atoms with Gasteiger partial charge in [0.1, 0.15) is 12.4 Å². The highest BCUT2D eigenvalue weighted by Gasteiger charge is 2.31. The highest BCUT2D eigenvalue weighted by atomic mass is 35.5. The molecule has 0 aliphatic rings. The molecule has 0 heterocycles. The van der Waals surface area contributed by atoms with Gasteiger partial charge in [0.05, 0.1) is 16.3 Å². The number of halogens is 4. The van der Waals surface area contributed by atoms with Gasteiger partial charge in [-0.1, -0.05) is 23.7 Å². The van der Waals surface area contributed by atoms with Gasteiger partial charge < -0.3 is 10.1 Å². The van der Waals surface area contributed by atoms with E-state index in [4.69, 9.17) is 20.9 Å². The van der Waals surface area contributed by atoms with Gasteiger partial charge in [-0.15, -0.1) is 0 Å². The van der Waals surface area contributed by atoms with E-state index in [1.54, 1.807) is 12.1 Å². The Kier molecular flexibility index (Phi) is 6.91. The number of alkyl halides is 3. The van der Waals surface area contributed by atoms with Crippen molar-refractivity contribution in [2.24, 2.45) is 0 Å². The third kappa shape index (κ3) is 6.70. The number of carbonyl (C=O) groups excluding carboxylic acids is 1. The van der Waals surface area contributed by atoms with Crippen LogP contribution in [0.15, 0.2) is 42.5 Å². The van der Waals surface area contributed by atoms with Crippen molar-refractivity contribution >= 4 is 27.6 Å². The minimum atomic E-state index is -4.50. The maximum absolute atomic E-state index is 12.6. The van der Waals surface area contributed by atoms with Gasteiger partial charge in [-0.05, 0) is 35.9 Å². The quantitative estimate of drug-likeness (QED) is 0.646. The van der Waals surface area contributed by atoms with Crippen molar-refractivity contribution < 1.29 is 35.7 Å². The molecule has 0 aliphatic heterocycles. The summed E-state index contributed by atoms with van der Waals surface area (Å²) in [6.07, 6.45) is -4.50. The summed E-state index contributed by atoms with van der Waals surface area (Å²) in [7, 11) is -4.16. The zero-order valence-electron chi connectivity index (χ0n) is 14.2. The molecule has 0 bridgehead atoms. The molecule has 0 fully saturated rings. The maximum atomic E-state index is 12.6. The SMILES string of the molecule is O=C(NCCS(=O)(=O)O)c1ccc(COc2ccc(C(F)(F)F)cc2Cl)cc1. The van der Waals surface area contributed by atoms with E-state index >= 15 is 0 Å². The van der Waals surface area contributed by atoms with Crippen LogP contribution < -0.4 is 10.1 Å². The number of ether oxygens (including phenoxy) is 1. The van der Waals surface area contributed by atoms with Crippen LogP contribution in [0.1, 0.15) is 21.5 Å². The van der Waals surface area contributed by atoms with Crippen molar-refractivity contribution in [3.05, 3.63) is 64.2 Å². The molecule has 0 aliphatic carbocycles. The van der Waals surface area contributed by atoms with Gasteiger partial charge in [0.2, 0.25) is 0 Å². The van der Waals surface area contributed by atoms with E-state index in [9.17, 15) is 26.4 Å². The molecule has 2 aromatic rings. The number of rotatable bonds is 7. The smallest absolute Gasteiger partial charge is 0.416 e. The van der Waals surface area contributed by atoms with Crippen LogP contribution in [-0.2, 0) is 22.9 Å². The van der Waals surface area contributed by atoms with Crippen LogP contribution in [0, 0.1) is 0 Å². The molecule has 2 rings (SSSR count). The van der Waals surface area contributed by atoms with Crippen LogP contribution in [0.25, 0.3) is 0 Å². The number of hydrogen-bond donors (Lipinski definition) is 2. The molecule has 28 heavy (non-hydrogen) atoms. The molecule has 0 unspecified atom stereocenters. The number of benzene rings is 2. The van der Waals surface area contributed by atoms with Gasteiger partial charge in [0.15, 0.2) is 0 Å². The fourth-order valence-corrected chi connectivity index (χ4v) is 2.70. The lowest BCUT2D eigenvalue weighted by molar-refractivity contribution is -0.137. The van der Waals surface area contributed by atoms with E-state index in [1.165, 1.54) is 12.1 Å². The minimum absolute atomic E-state index is 0.00966. The summed E-state index contributed by atoms with van der Waals surface area (Å²) in [5, 5.41) is 2.16. The predicted molar refractivity (Wildman–Crippen MR) is 96.0 cm³/mol. The third-order valence-electron chi connectivity index (χ3n) is 3.52. The molecule has 0 atom stereocenters. The summed E-state index contributed by atoms with van der Waals surface area (Å²) < 4.78 is 73.1. The molecule has 0 saturated heterocycles. The molecular weight excluding hydrogens is 423 g/mol. The van der Waals surface area contributed by atoms with Gasteiger partial charge >= 0.3 is 6.18 Å². The largest absolute Gasteiger partial charge is 0.487 e. The Balaban J connectivity index is 1.93. The molecule has 11 heteroatoms. The number of carbonyl (C=O) groups is 1. The molecule has 152 valence electrons. The van der Waals surface area contributed by atoms with Crippen LogP contribution >= 0.6 is 11.6 Å². The first kappa shape index (κ1) is 22.0. The van der Waals surface area contributed by atoms with Gasteiger partial charge in [-0.2, -0.15) is 21.6 Å². The maximum Gasteiger partial charge on any atom is 0.416 e. The topological polar surface area (TPSA) is 92.7 Å². The standard InChI is InChI=1S/C17H15ClF3NO5S/c18-14-9-13(17(19,20)21)5-6-15(14)27-10-11-1-3-12(4-2-11)16(23)22-7-8-28(24,25)26/h1-6,9H,7-8,10H2,(H,22,23)(H,24,25,26). The van der Waals surface area contributed by atoms with Crippen LogP contribution in [0.3, 0.4) is 0 Å². The number of amides is 1. The number of nitrogens with one attached hydrogen (secondary N) is 1. The summed E-state index contributed by atoms with van der Waals surface area (Å²) in [5.41, 5.74) is 0.00585. The first-order chi connectivity index (χ1) is 13.0. The lowest BCUT2D eigenvalue weighted by Crippen LogP contribution is -2.28. The highest BCUT2D eigenvalue weighted by Crippen LogP contribution is 2.34. The second kappa shape index (κ2) is 8.80. The van der Waals surface area contributed by atoms with Gasteiger partial charge in [-0.3, -0.25) is 9.35 Å². The second-order valence-electron chi connectivity index (χ2n) is 5.67. The Morgan fingerprint density at radius 2 is 1.79 bits per heavy atom. The van der Waals surface area contributed by atoms with Crippen LogP contribution in [-0.4, -0.2) is 31.2 Å². The Morgan fingerprint density at radius 1 is 1.14 bits per heavy atom. The fraction of sp³-hybridized carbons (Fsp3) is 0.235. The van der Waals surface area contributed by atoms with E-state index < -0.39 is 33.5 Å². The van der Waals surface area contributed by atoms with Crippen molar-refractivity contribution in [1.82, 2.24) is 5.32 Å². The Morgan fingerprint density at radius 3 is 2.32 bits per heavy atom. The summed E-state index contributed by atoms with van der Waals surface area (Å²) >= 11 is 5.81. The molecular formula is C17H15ClF3NO5S. The first-order valence-electron chi connectivity index (χ1n) is 7.77. The molecule has 0 saturated carbocycles. The van der Waals surface area contributed by atoms with Crippen molar-refractivity contribution in [3.8, 4) is 5.75 Å². The summed E-state index contributed by atoms with van der Waals surface area (Å²) in [6, 6.07) is 8.83. The minimum Gasteiger partial charge on any atom is -0.487 e. The lowest BCUT2D eigenvalue weighted by Gasteiger charge is -2.11. The Hall–Kier alpha value is -2.30. The third-order valence-corrected chi connectivity index (χ3v) is 4.53. The summed E-state index contributed by atoms with van der Waals surface area (Å²) in [4.78, 5) is 11.9. The monoisotopic (exact) mass is 437 g/mol. The fourth-order valence-electron chi connectivity index (χ4n) is 2.10. The summed E-state index contributed by atoms with van der Waals surface area (Å²) in [5.74, 6) is -1.04. The van der Waals surface area contributed by atoms with Crippen molar-refractivity contribution in [1.29, 1.82) is 0 Å². The van der Waals surface area contributed by atoms with E-state index in [0.29, 0.717) is 5.56 Å². The molecule has 2 N–H and O–H groups in total. The predicted octanol–water partition coefficient (Wildman–Crippen LogP) is 3.56. The average Bonchev–Trinajstić information content (AvgIpc) is 2.59. The van der Waals surface area contributed by atoms with Crippen molar-refractivity contribution in [2.45, 2.75) is 12.8 Å². The van der Waals surface area contributed by atoms with E-state index in [2.05, 4.69) is 5.32 Å². The van der Waals surface area contributed by atoms with Crippen molar-refractivity contribution in [2.75, 3.05) is 12.3 Å². The second-order valence-corrected chi connectivity index (χ2v) is 7.65. The van der Waals surface area contributed by atoms with Crippen LogP contribution in [0.4, 0.5) is 13.2 Å². The lowest BCUT2D eigenvalue weighted by atomic mass is 10.1. The summed E-state index contributed by atoms with van der Waals surface area (Å²) in [6.45, 7) is -0.231. The van der Waals surface area contributed by atoms with Crippen LogP contribution in [0.2, 0.25) is 5.02 Å². The van der Waals surface area contributed by atoms with Crippen molar-refractivity contribution in [3.63, 3.8) is 0 Å². The molecule has 0 radical (unpaired) electrons. The number of hydrogen-bond acceptors (Lipinski definition) is 4. The zero-order valence-corrected chi connectivity index (χ0v) is 15.7. The zero-order chi connectivity index (χ0) is 20.9. The van der Waals surface area contributed by atoms with E-state index in [0.717, 1.165) is 18.2 Å². The molecule has 1 amide bonds. The van der Waals surface area contributed by atoms with E-state index in [1.807, 2.05) is 0 Å². The van der Waals surface area contributed by atoms with Gasteiger partial charge in [0.25, 0.3) is 16.0 Å². The average molecular weight is 438 g/mol. The van der Waals surface area contributed by atoms with Gasteiger partial charge in [0, 0.05) is 12.1 Å². The molecule has 2 aromatic carbocycles. The molecule has 0 aromatic heterocycles.